The number of nitrogens with one attached hydrogen (secondary N) is 2. The third kappa shape index (κ3) is 2.80. The number of fused-ring (bicyclic) bond motifs is 1. The van der Waals surface area contributed by atoms with Crippen LogP contribution in [0.1, 0.15) is 23.8 Å². The van der Waals surface area contributed by atoms with Crippen LogP contribution in [0.4, 0.5) is 0 Å². The summed E-state index contributed by atoms with van der Waals surface area (Å²) in [4.78, 5) is 11.5. The zero-order chi connectivity index (χ0) is 17.5. The maximum atomic E-state index is 10.5. The summed E-state index contributed by atoms with van der Waals surface area (Å²) in [5.74, 6) is 0.775. The number of aromatic hydroxyl groups is 1. The number of nitrogens with zero attached hydrogens (tertiary/aromatic N) is 3. The number of H-pyrrole nitrogens is 1. The molecule has 132 valence electrons. The molecule has 0 aliphatic carbocycles. The van der Waals surface area contributed by atoms with Crippen LogP contribution in [0.15, 0.2) is 30.6 Å². The van der Waals surface area contributed by atoms with Crippen molar-refractivity contribution in [2.75, 3.05) is 13.1 Å². The van der Waals surface area contributed by atoms with Gasteiger partial charge >= 0.3 is 0 Å². The second-order valence-corrected chi connectivity index (χ2v) is 8.41. The lowest BCUT2D eigenvalue weighted by Crippen LogP contribution is -2.26. The van der Waals surface area contributed by atoms with Crippen LogP contribution < -0.4 is 5.32 Å². The van der Waals surface area contributed by atoms with Crippen LogP contribution in [0.5, 0.6) is 5.75 Å². The zero-order valence-corrected chi connectivity index (χ0v) is 15.5. The number of thiazole rings is 2. The molecule has 26 heavy (non-hydrogen) atoms. The lowest BCUT2D eigenvalue weighted by atomic mass is 9.99. The molecule has 8 heteroatoms. The summed E-state index contributed by atoms with van der Waals surface area (Å²) in [7, 11) is 0. The Kier molecular flexibility index (Phi) is 3.96. The van der Waals surface area contributed by atoms with Gasteiger partial charge in [-0.2, -0.15) is 5.10 Å². The number of aromatic amines is 1. The lowest BCUT2D eigenvalue weighted by Gasteiger charge is -2.20. The summed E-state index contributed by atoms with van der Waals surface area (Å²) in [6, 6.07) is 5.64. The highest BCUT2D eigenvalue weighted by molar-refractivity contribution is 7.28. The summed E-state index contributed by atoms with van der Waals surface area (Å²) in [6.45, 7) is 2.13. The molecule has 1 aromatic carbocycles. The first kappa shape index (κ1) is 15.9. The molecule has 1 aliphatic heterocycles. The molecule has 1 saturated heterocycles. The first-order valence-electron chi connectivity index (χ1n) is 8.58. The van der Waals surface area contributed by atoms with Gasteiger partial charge in [0.2, 0.25) is 0 Å². The van der Waals surface area contributed by atoms with Gasteiger partial charge < -0.3 is 10.4 Å². The van der Waals surface area contributed by atoms with Gasteiger partial charge in [0, 0.05) is 17.7 Å². The Morgan fingerprint density at radius 3 is 2.62 bits per heavy atom. The minimum atomic E-state index is 0.226. The molecule has 4 aromatic rings. The van der Waals surface area contributed by atoms with Crippen molar-refractivity contribution < 1.29 is 5.11 Å². The molecule has 5 rings (SSSR count). The Hall–Kier alpha value is -2.29. The minimum Gasteiger partial charge on any atom is -0.507 e. The van der Waals surface area contributed by atoms with E-state index in [1.54, 1.807) is 41.1 Å². The SMILES string of the molecule is Oc1cc(-c2cn[nH]c2)ccc1-c1nc2sc(C3CCNCC3)nc2s1. The fraction of sp³-hybridized carbons (Fsp3) is 0.278. The Labute approximate surface area is 158 Å². The summed E-state index contributed by atoms with van der Waals surface area (Å²) in [5.41, 5.74) is 2.61. The van der Waals surface area contributed by atoms with Gasteiger partial charge in [-0.05, 0) is 43.6 Å². The van der Waals surface area contributed by atoms with E-state index >= 15 is 0 Å². The number of benzene rings is 1. The zero-order valence-electron chi connectivity index (χ0n) is 13.9. The molecule has 0 spiro atoms. The quantitative estimate of drug-likeness (QED) is 0.498. The second kappa shape index (κ2) is 6.46. The number of rotatable bonds is 3. The molecule has 0 unspecified atom stereocenters. The third-order valence-electron chi connectivity index (χ3n) is 4.74. The molecular formula is C18H17N5OS2. The smallest absolute Gasteiger partial charge is 0.155 e. The Bertz CT molecular complexity index is 1020. The van der Waals surface area contributed by atoms with E-state index in [1.807, 2.05) is 12.1 Å². The predicted molar refractivity (Wildman–Crippen MR) is 105 cm³/mol. The largest absolute Gasteiger partial charge is 0.507 e. The minimum absolute atomic E-state index is 0.226. The molecule has 1 aliphatic rings. The monoisotopic (exact) mass is 383 g/mol. The van der Waals surface area contributed by atoms with Gasteiger partial charge in [-0.1, -0.05) is 28.7 Å². The van der Waals surface area contributed by atoms with E-state index in [2.05, 4.69) is 15.5 Å². The van der Waals surface area contributed by atoms with E-state index in [-0.39, 0.29) is 5.75 Å². The third-order valence-corrected chi connectivity index (χ3v) is 6.96. The van der Waals surface area contributed by atoms with E-state index in [4.69, 9.17) is 9.97 Å². The van der Waals surface area contributed by atoms with Crippen LogP contribution >= 0.6 is 22.7 Å². The number of aromatic nitrogens is 4. The molecule has 4 heterocycles. The van der Waals surface area contributed by atoms with Gasteiger partial charge in [0.15, 0.2) is 9.66 Å². The molecule has 3 aromatic heterocycles. The second-order valence-electron chi connectivity index (χ2n) is 6.42. The maximum absolute atomic E-state index is 10.5. The van der Waals surface area contributed by atoms with Gasteiger partial charge in [-0.15, -0.1) is 0 Å². The number of hydrogen-bond donors (Lipinski definition) is 3. The number of phenols is 1. The predicted octanol–water partition coefficient (Wildman–Crippen LogP) is 3.98. The average molecular weight is 384 g/mol. The molecule has 0 radical (unpaired) electrons. The summed E-state index contributed by atoms with van der Waals surface area (Å²) >= 11 is 3.24. The highest BCUT2D eigenvalue weighted by atomic mass is 32.1. The summed E-state index contributed by atoms with van der Waals surface area (Å²) < 4.78 is 0. The van der Waals surface area contributed by atoms with Crippen molar-refractivity contribution in [3.63, 3.8) is 0 Å². The molecule has 3 N–H and O–H groups in total. The maximum Gasteiger partial charge on any atom is 0.155 e. The van der Waals surface area contributed by atoms with Gasteiger partial charge in [-0.25, -0.2) is 9.97 Å². The van der Waals surface area contributed by atoms with Gasteiger partial charge in [-0.3, -0.25) is 5.10 Å². The topological polar surface area (TPSA) is 86.7 Å². The van der Waals surface area contributed by atoms with E-state index < -0.39 is 0 Å². The van der Waals surface area contributed by atoms with E-state index in [1.165, 1.54) is 5.01 Å². The van der Waals surface area contributed by atoms with Crippen molar-refractivity contribution in [1.82, 2.24) is 25.5 Å². The molecule has 0 atom stereocenters. The van der Waals surface area contributed by atoms with Crippen molar-refractivity contribution in [2.45, 2.75) is 18.8 Å². The van der Waals surface area contributed by atoms with Crippen LogP contribution in [0, 0.1) is 0 Å². The number of hydrogen-bond acceptors (Lipinski definition) is 7. The molecule has 0 amide bonds. The standard InChI is InChI=1S/C18H17N5OS2/c24-14-7-11(12-8-20-21-9-12)1-2-13(14)16-23-18-17(26-16)22-15(25-18)10-3-5-19-6-4-10/h1-2,7-10,19,24H,3-6H2,(H,20,21). The Morgan fingerprint density at radius 1 is 1.04 bits per heavy atom. The van der Waals surface area contributed by atoms with Gasteiger partial charge in [0.05, 0.1) is 16.8 Å². The molecule has 1 fully saturated rings. The van der Waals surface area contributed by atoms with Gasteiger partial charge in [0.25, 0.3) is 0 Å². The van der Waals surface area contributed by atoms with E-state index in [0.29, 0.717) is 5.92 Å². The Balaban J connectivity index is 1.46. The summed E-state index contributed by atoms with van der Waals surface area (Å²) in [5, 5.41) is 22.6. The molecule has 6 nitrogen and oxygen atoms in total. The van der Waals surface area contributed by atoms with Crippen molar-refractivity contribution >= 4 is 32.3 Å². The fourth-order valence-corrected chi connectivity index (χ4v) is 5.57. The molecule has 0 bridgehead atoms. The molecule has 0 saturated carbocycles. The van der Waals surface area contributed by atoms with Crippen molar-refractivity contribution in [2.24, 2.45) is 0 Å². The van der Waals surface area contributed by atoms with Crippen molar-refractivity contribution in [3.05, 3.63) is 35.6 Å². The Morgan fingerprint density at radius 2 is 1.88 bits per heavy atom. The number of phenolic OH excluding ortho intramolecular Hbond substituents is 1. The van der Waals surface area contributed by atoms with E-state index in [0.717, 1.165) is 57.3 Å². The van der Waals surface area contributed by atoms with Crippen LogP contribution in [0.2, 0.25) is 0 Å². The number of piperidine rings is 1. The first-order valence-corrected chi connectivity index (χ1v) is 10.2. The fourth-order valence-electron chi connectivity index (χ4n) is 3.32. The highest BCUT2D eigenvalue weighted by Gasteiger charge is 2.21. The van der Waals surface area contributed by atoms with Crippen molar-refractivity contribution in [3.8, 4) is 27.4 Å². The van der Waals surface area contributed by atoms with Crippen molar-refractivity contribution in [1.29, 1.82) is 0 Å². The van der Waals surface area contributed by atoms with Crippen LogP contribution in [-0.4, -0.2) is 38.4 Å². The normalized spacial score (nSPS) is 15.7. The van der Waals surface area contributed by atoms with E-state index in [9.17, 15) is 5.11 Å². The molecular weight excluding hydrogens is 366 g/mol. The van der Waals surface area contributed by atoms with Crippen LogP contribution in [0.25, 0.3) is 31.4 Å². The van der Waals surface area contributed by atoms with Crippen LogP contribution in [0.3, 0.4) is 0 Å². The van der Waals surface area contributed by atoms with Gasteiger partial charge in [0.1, 0.15) is 10.8 Å². The summed E-state index contributed by atoms with van der Waals surface area (Å²) in [6.07, 6.45) is 5.83. The average Bonchev–Trinajstić information content (AvgIpc) is 3.38. The lowest BCUT2D eigenvalue weighted by molar-refractivity contribution is 0.459. The first-order chi connectivity index (χ1) is 12.8. The highest BCUT2D eigenvalue weighted by Crippen LogP contribution is 2.40. The van der Waals surface area contributed by atoms with Crippen LogP contribution in [-0.2, 0) is 0 Å².